The van der Waals surface area contributed by atoms with Gasteiger partial charge in [0.2, 0.25) is 0 Å². The van der Waals surface area contributed by atoms with Gasteiger partial charge in [-0.15, -0.1) is 0 Å². The molecule has 2 saturated carbocycles. The second-order valence-corrected chi connectivity index (χ2v) is 6.32. The monoisotopic (exact) mass is 234 g/mol. The van der Waals surface area contributed by atoms with E-state index in [4.69, 9.17) is 4.74 Å². The molecule has 0 amide bonds. The van der Waals surface area contributed by atoms with Crippen LogP contribution in [0.15, 0.2) is 12.2 Å². The maximum Gasteiger partial charge on any atom is 0.310 e. The molecule has 0 radical (unpaired) electrons. The fraction of sp³-hybridized carbons (Fsp3) is 0.800. The number of hydrogen-bond acceptors (Lipinski definition) is 2. The molecule has 0 N–H and O–H groups in total. The van der Waals surface area contributed by atoms with E-state index in [1.165, 1.54) is 25.7 Å². The van der Waals surface area contributed by atoms with Crippen molar-refractivity contribution in [3.63, 3.8) is 0 Å². The zero-order valence-corrected chi connectivity index (χ0v) is 10.7. The molecule has 0 heterocycles. The molecule has 94 valence electrons. The molecule has 0 aliphatic heterocycles. The SMILES string of the molecule is CC1(OC(=O)[C@@H]2C[C@H]3C=C[C@H]2C3)CCCCC1. The molecule has 0 aromatic rings. The fourth-order valence-electron chi connectivity index (χ4n) is 3.77. The summed E-state index contributed by atoms with van der Waals surface area (Å²) in [7, 11) is 0. The molecule has 3 aliphatic rings. The van der Waals surface area contributed by atoms with E-state index < -0.39 is 0 Å². The molecule has 3 aliphatic carbocycles. The number of rotatable bonds is 2. The lowest BCUT2D eigenvalue weighted by atomic mass is 9.86. The van der Waals surface area contributed by atoms with E-state index >= 15 is 0 Å². The second-order valence-electron chi connectivity index (χ2n) is 6.32. The maximum absolute atomic E-state index is 12.3. The van der Waals surface area contributed by atoms with Gasteiger partial charge >= 0.3 is 5.97 Å². The number of carbonyl (C=O) groups excluding carboxylic acids is 1. The molecule has 17 heavy (non-hydrogen) atoms. The highest BCUT2D eigenvalue weighted by Gasteiger charge is 2.43. The zero-order chi connectivity index (χ0) is 11.9. The number of fused-ring (bicyclic) bond motifs is 2. The third-order valence-electron chi connectivity index (χ3n) is 4.84. The Morgan fingerprint density at radius 1 is 1.18 bits per heavy atom. The highest BCUT2D eigenvalue weighted by molar-refractivity contribution is 5.74. The number of allylic oxidation sites excluding steroid dienone is 2. The van der Waals surface area contributed by atoms with Crippen LogP contribution in [0.3, 0.4) is 0 Å². The fourth-order valence-corrected chi connectivity index (χ4v) is 3.77. The van der Waals surface area contributed by atoms with Crippen LogP contribution in [0.5, 0.6) is 0 Å². The highest BCUT2D eigenvalue weighted by atomic mass is 16.6. The van der Waals surface area contributed by atoms with Gasteiger partial charge in [-0.1, -0.05) is 18.6 Å². The van der Waals surface area contributed by atoms with Crippen LogP contribution in [0, 0.1) is 17.8 Å². The molecule has 2 bridgehead atoms. The van der Waals surface area contributed by atoms with Crippen molar-refractivity contribution in [1.82, 2.24) is 0 Å². The Morgan fingerprint density at radius 3 is 2.53 bits per heavy atom. The molecule has 2 fully saturated rings. The Morgan fingerprint density at radius 2 is 1.94 bits per heavy atom. The third-order valence-corrected chi connectivity index (χ3v) is 4.84. The summed E-state index contributed by atoms with van der Waals surface area (Å²) in [6.07, 6.45) is 12.5. The van der Waals surface area contributed by atoms with E-state index in [0.717, 1.165) is 19.3 Å². The molecule has 2 heteroatoms. The van der Waals surface area contributed by atoms with E-state index in [2.05, 4.69) is 19.1 Å². The maximum atomic E-state index is 12.3. The predicted octanol–water partition coefficient (Wildman–Crippen LogP) is 3.46. The van der Waals surface area contributed by atoms with Gasteiger partial charge in [0.1, 0.15) is 5.60 Å². The van der Waals surface area contributed by atoms with Crippen molar-refractivity contribution in [3.8, 4) is 0 Å². The minimum atomic E-state index is -0.166. The smallest absolute Gasteiger partial charge is 0.310 e. The van der Waals surface area contributed by atoms with Gasteiger partial charge in [0, 0.05) is 0 Å². The Bertz CT molecular complexity index is 339. The van der Waals surface area contributed by atoms with Gasteiger partial charge in [-0.25, -0.2) is 0 Å². The lowest BCUT2D eigenvalue weighted by Crippen LogP contribution is -2.37. The first-order valence-electron chi connectivity index (χ1n) is 7.07. The van der Waals surface area contributed by atoms with Gasteiger partial charge in [-0.3, -0.25) is 4.79 Å². The average molecular weight is 234 g/mol. The van der Waals surface area contributed by atoms with Gasteiger partial charge in [0.25, 0.3) is 0 Å². The molecule has 0 aromatic heterocycles. The minimum absolute atomic E-state index is 0.0752. The normalized spacial score (nSPS) is 38.3. The average Bonchev–Trinajstić information content (AvgIpc) is 2.91. The van der Waals surface area contributed by atoms with Crippen LogP contribution < -0.4 is 0 Å². The van der Waals surface area contributed by atoms with Crippen LogP contribution in [-0.4, -0.2) is 11.6 Å². The molecular weight excluding hydrogens is 212 g/mol. The largest absolute Gasteiger partial charge is 0.459 e. The first-order valence-corrected chi connectivity index (χ1v) is 7.07. The van der Waals surface area contributed by atoms with Crippen LogP contribution in [-0.2, 0) is 9.53 Å². The molecule has 3 rings (SSSR count). The topological polar surface area (TPSA) is 26.3 Å². The van der Waals surface area contributed by atoms with Crippen molar-refractivity contribution >= 4 is 5.97 Å². The van der Waals surface area contributed by atoms with E-state index in [9.17, 15) is 4.79 Å². The molecule has 3 atom stereocenters. The predicted molar refractivity (Wildman–Crippen MR) is 66.4 cm³/mol. The summed E-state index contributed by atoms with van der Waals surface area (Å²) in [4.78, 5) is 12.3. The molecule has 0 aromatic carbocycles. The molecular formula is C15H22O2. The van der Waals surface area contributed by atoms with E-state index in [-0.39, 0.29) is 17.5 Å². The number of esters is 1. The van der Waals surface area contributed by atoms with E-state index in [0.29, 0.717) is 11.8 Å². The molecule has 2 nitrogen and oxygen atoms in total. The second kappa shape index (κ2) is 4.15. The molecule has 0 saturated heterocycles. The quantitative estimate of drug-likeness (QED) is 0.540. The first kappa shape index (κ1) is 11.3. The van der Waals surface area contributed by atoms with Crippen LogP contribution in [0.2, 0.25) is 0 Å². The van der Waals surface area contributed by atoms with Crippen LogP contribution in [0.25, 0.3) is 0 Å². The Kier molecular flexibility index (Phi) is 2.76. The van der Waals surface area contributed by atoms with E-state index in [1.807, 2.05) is 0 Å². The molecule has 0 spiro atoms. The number of carbonyl (C=O) groups is 1. The first-order chi connectivity index (χ1) is 8.16. The summed E-state index contributed by atoms with van der Waals surface area (Å²) in [6.45, 7) is 2.12. The highest BCUT2D eigenvalue weighted by Crippen LogP contribution is 2.45. The summed E-state index contributed by atoms with van der Waals surface area (Å²) in [5.41, 5.74) is -0.166. The van der Waals surface area contributed by atoms with Crippen LogP contribution in [0.1, 0.15) is 51.9 Å². The standard InChI is InChI=1S/C15H22O2/c1-15(7-3-2-4-8-15)17-14(16)13-10-11-5-6-12(13)9-11/h5-6,11-13H,2-4,7-10H2,1H3/t11-,12-,13+/m0/s1. The summed E-state index contributed by atoms with van der Waals surface area (Å²) >= 11 is 0. The number of hydrogen-bond donors (Lipinski definition) is 0. The zero-order valence-electron chi connectivity index (χ0n) is 10.7. The summed E-state index contributed by atoms with van der Waals surface area (Å²) in [5.74, 6) is 1.35. The lowest BCUT2D eigenvalue weighted by molar-refractivity contribution is -0.167. The van der Waals surface area contributed by atoms with Crippen molar-refractivity contribution in [3.05, 3.63) is 12.2 Å². The van der Waals surface area contributed by atoms with Crippen molar-refractivity contribution < 1.29 is 9.53 Å². The van der Waals surface area contributed by atoms with Gasteiger partial charge in [-0.2, -0.15) is 0 Å². The Labute approximate surface area is 103 Å². The van der Waals surface area contributed by atoms with E-state index in [1.54, 1.807) is 0 Å². The summed E-state index contributed by atoms with van der Waals surface area (Å²) in [5, 5.41) is 0. The van der Waals surface area contributed by atoms with Crippen molar-refractivity contribution in [2.45, 2.75) is 57.5 Å². The molecule has 0 unspecified atom stereocenters. The lowest BCUT2D eigenvalue weighted by Gasteiger charge is -2.34. The van der Waals surface area contributed by atoms with Gasteiger partial charge in [0.05, 0.1) is 5.92 Å². The minimum Gasteiger partial charge on any atom is -0.459 e. The third kappa shape index (κ3) is 2.14. The Balaban J connectivity index is 1.61. The van der Waals surface area contributed by atoms with Gasteiger partial charge < -0.3 is 4.74 Å². The van der Waals surface area contributed by atoms with Crippen LogP contribution >= 0.6 is 0 Å². The Hall–Kier alpha value is -0.790. The van der Waals surface area contributed by atoms with Crippen molar-refractivity contribution in [1.29, 1.82) is 0 Å². The van der Waals surface area contributed by atoms with Crippen molar-refractivity contribution in [2.24, 2.45) is 17.8 Å². The summed E-state index contributed by atoms with van der Waals surface area (Å²) < 4.78 is 5.84. The van der Waals surface area contributed by atoms with Gasteiger partial charge in [-0.05, 0) is 57.3 Å². The summed E-state index contributed by atoms with van der Waals surface area (Å²) in [6, 6.07) is 0. The number of ether oxygens (including phenoxy) is 1. The van der Waals surface area contributed by atoms with Crippen molar-refractivity contribution in [2.75, 3.05) is 0 Å². The van der Waals surface area contributed by atoms with Gasteiger partial charge in [0.15, 0.2) is 0 Å². The van der Waals surface area contributed by atoms with Crippen LogP contribution in [0.4, 0.5) is 0 Å².